The van der Waals surface area contributed by atoms with Crippen molar-refractivity contribution < 1.29 is 33.5 Å². The Balaban J connectivity index is 4.20. The van der Waals surface area contributed by atoms with Gasteiger partial charge < -0.3 is 33.5 Å². The molecule has 0 heterocycles. The maximum Gasteiger partial charge on any atom is 0.101 e. The lowest BCUT2D eigenvalue weighted by Gasteiger charge is -2.32. The Morgan fingerprint density at radius 2 is 0.750 bits per heavy atom. The number of aliphatic hydroxyl groups excluding tert-OH is 1. The van der Waals surface area contributed by atoms with Crippen LogP contribution in [0.2, 0.25) is 0 Å². The monoisotopic (exact) mass is 520 g/mol. The third-order valence-electron chi connectivity index (χ3n) is 6.04. The smallest absolute Gasteiger partial charge is 0.101 e. The third-order valence-corrected chi connectivity index (χ3v) is 6.04. The summed E-state index contributed by atoms with van der Waals surface area (Å²) >= 11 is 0. The molecule has 0 aliphatic carbocycles. The summed E-state index contributed by atoms with van der Waals surface area (Å²) in [5, 5.41) is 10.4. The van der Waals surface area contributed by atoms with Gasteiger partial charge in [-0.05, 0) is 109 Å². The Labute approximate surface area is 222 Å². The number of hydrogen-bond acceptors (Lipinski definition) is 7. The van der Waals surface area contributed by atoms with E-state index in [1.54, 1.807) is 0 Å². The van der Waals surface area contributed by atoms with Gasteiger partial charge in [0.2, 0.25) is 0 Å². The summed E-state index contributed by atoms with van der Waals surface area (Å²) < 4.78 is 35.4. The van der Waals surface area contributed by atoms with Crippen LogP contribution in [0.3, 0.4) is 0 Å². The van der Waals surface area contributed by atoms with E-state index in [4.69, 9.17) is 28.4 Å². The van der Waals surface area contributed by atoms with Gasteiger partial charge in [-0.2, -0.15) is 0 Å². The van der Waals surface area contributed by atoms with Crippen LogP contribution in [-0.2, 0) is 28.4 Å². The molecule has 0 bridgehead atoms. The van der Waals surface area contributed by atoms with Crippen molar-refractivity contribution in [1.82, 2.24) is 0 Å². The van der Waals surface area contributed by atoms with E-state index in [0.29, 0.717) is 26.4 Å². The van der Waals surface area contributed by atoms with Crippen molar-refractivity contribution in [1.29, 1.82) is 0 Å². The second-order valence-corrected chi connectivity index (χ2v) is 12.9. The minimum Gasteiger partial charge on any atom is -0.388 e. The fourth-order valence-corrected chi connectivity index (χ4v) is 3.21. The first-order valence-electron chi connectivity index (χ1n) is 13.8. The van der Waals surface area contributed by atoms with Crippen LogP contribution in [0.1, 0.15) is 109 Å². The zero-order valence-corrected chi connectivity index (χ0v) is 25.7. The first-order chi connectivity index (χ1) is 16.3. The van der Waals surface area contributed by atoms with Crippen molar-refractivity contribution >= 4 is 0 Å². The molecule has 0 aliphatic rings. The summed E-state index contributed by atoms with van der Waals surface area (Å²) in [6.45, 7) is 27.5. The summed E-state index contributed by atoms with van der Waals surface area (Å²) in [5.74, 6) is 0. The Hall–Kier alpha value is -0.280. The molecule has 0 amide bonds. The normalized spacial score (nSPS) is 14.0. The van der Waals surface area contributed by atoms with Crippen molar-refractivity contribution in [2.45, 2.75) is 149 Å². The predicted molar refractivity (Wildman–Crippen MR) is 147 cm³/mol. The third kappa shape index (κ3) is 20.7. The predicted octanol–water partition coefficient (Wildman–Crippen LogP) is 5.94. The van der Waals surface area contributed by atoms with E-state index in [2.05, 4.69) is 27.7 Å². The van der Waals surface area contributed by atoms with E-state index < -0.39 is 17.3 Å². The summed E-state index contributed by atoms with van der Waals surface area (Å²) in [5.41, 5.74) is -1.30. The van der Waals surface area contributed by atoms with Gasteiger partial charge in [-0.3, -0.25) is 0 Å². The number of hydrogen-bond donors (Lipinski definition) is 1. The van der Waals surface area contributed by atoms with Crippen molar-refractivity contribution in [2.75, 3.05) is 39.6 Å². The van der Waals surface area contributed by atoms with Crippen molar-refractivity contribution in [2.24, 2.45) is 0 Å². The van der Waals surface area contributed by atoms with E-state index in [0.717, 1.165) is 25.7 Å². The van der Waals surface area contributed by atoms with Crippen molar-refractivity contribution in [3.05, 3.63) is 0 Å². The number of rotatable bonds is 22. The molecule has 7 nitrogen and oxygen atoms in total. The second-order valence-electron chi connectivity index (χ2n) is 12.9. The van der Waals surface area contributed by atoms with Crippen LogP contribution < -0.4 is 0 Å². The lowest BCUT2D eigenvalue weighted by molar-refractivity contribution is -0.127. The molecule has 1 N–H and O–H groups in total. The van der Waals surface area contributed by atoms with E-state index in [1.165, 1.54) is 0 Å². The van der Waals surface area contributed by atoms with Gasteiger partial charge in [-0.25, -0.2) is 0 Å². The standard InChI is InChI=1S/C29H60O7/c1-23(2)31-17-13-26(5,6)33-19-15-28(9,10)35-21-25(30)22-36-29(11,12)16-20-34-27(7,8)14-18-32-24(3)4/h23-25,30H,13-22H2,1-12H3. The minimum atomic E-state index is -0.695. The van der Waals surface area contributed by atoms with Gasteiger partial charge in [0.05, 0.1) is 61.0 Å². The Morgan fingerprint density at radius 3 is 1.06 bits per heavy atom. The molecule has 218 valence electrons. The van der Waals surface area contributed by atoms with Gasteiger partial charge in [-0.15, -0.1) is 0 Å². The molecule has 0 saturated heterocycles. The van der Waals surface area contributed by atoms with Gasteiger partial charge in [-0.1, -0.05) is 0 Å². The molecule has 0 aromatic rings. The number of ether oxygens (including phenoxy) is 6. The van der Waals surface area contributed by atoms with Crippen LogP contribution in [0.15, 0.2) is 0 Å². The molecule has 0 unspecified atom stereocenters. The minimum absolute atomic E-state index is 0.216. The fourth-order valence-electron chi connectivity index (χ4n) is 3.21. The summed E-state index contributed by atoms with van der Waals surface area (Å²) in [6.07, 6.45) is 2.91. The lowest BCUT2D eigenvalue weighted by atomic mass is 10.0. The van der Waals surface area contributed by atoms with Crippen molar-refractivity contribution in [3.8, 4) is 0 Å². The van der Waals surface area contributed by atoms with Crippen molar-refractivity contribution in [3.63, 3.8) is 0 Å². The molecule has 0 spiro atoms. The van der Waals surface area contributed by atoms with Gasteiger partial charge in [0.1, 0.15) is 6.10 Å². The van der Waals surface area contributed by atoms with Gasteiger partial charge in [0, 0.05) is 13.2 Å². The maximum atomic E-state index is 10.4. The van der Waals surface area contributed by atoms with E-state index in [-0.39, 0.29) is 36.6 Å². The Morgan fingerprint density at radius 1 is 0.472 bits per heavy atom. The zero-order chi connectivity index (χ0) is 28.0. The Kier molecular flexibility index (Phi) is 16.5. The summed E-state index contributed by atoms with van der Waals surface area (Å²) in [6, 6.07) is 0. The molecule has 0 rings (SSSR count). The highest BCUT2D eigenvalue weighted by atomic mass is 16.5. The van der Waals surface area contributed by atoms with Crippen LogP contribution in [0.5, 0.6) is 0 Å². The van der Waals surface area contributed by atoms with Crippen LogP contribution in [0.25, 0.3) is 0 Å². The summed E-state index contributed by atoms with van der Waals surface area (Å²) in [4.78, 5) is 0. The highest BCUT2D eigenvalue weighted by Gasteiger charge is 2.26. The zero-order valence-electron chi connectivity index (χ0n) is 25.7. The average molecular weight is 521 g/mol. The summed E-state index contributed by atoms with van der Waals surface area (Å²) in [7, 11) is 0. The first-order valence-corrected chi connectivity index (χ1v) is 13.8. The average Bonchev–Trinajstić information content (AvgIpc) is 2.69. The SMILES string of the molecule is CC(C)OCCC(C)(C)OCCC(C)(C)OCC(O)COC(C)(C)CCOC(C)(C)CCOC(C)C. The molecule has 0 aliphatic heterocycles. The molecule has 36 heavy (non-hydrogen) atoms. The van der Waals surface area contributed by atoms with Crippen LogP contribution in [0.4, 0.5) is 0 Å². The number of aliphatic hydroxyl groups is 1. The van der Waals surface area contributed by atoms with Gasteiger partial charge in [0.15, 0.2) is 0 Å². The maximum absolute atomic E-state index is 10.4. The van der Waals surface area contributed by atoms with E-state index in [9.17, 15) is 5.11 Å². The fraction of sp³-hybridized carbons (Fsp3) is 1.00. The topological polar surface area (TPSA) is 75.6 Å². The van der Waals surface area contributed by atoms with Crippen LogP contribution in [-0.4, -0.2) is 85.5 Å². The highest BCUT2D eigenvalue weighted by Crippen LogP contribution is 2.22. The molecule has 0 atom stereocenters. The molecule has 0 fully saturated rings. The molecule has 0 aromatic heterocycles. The second kappa shape index (κ2) is 16.6. The van der Waals surface area contributed by atoms with E-state index >= 15 is 0 Å². The highest BCUT2D eigenvalue weighted by molar-refractivity contribution is 4.75. The molecular formula is C29H60O7. The lowest BCUT2D eigenvalue weighted by Crippen LogP contribution is -2.37. The van der Waals surface area contributed by atoms with Gasteiger partial charge in [0.25, 0.3) is 0 Å². The first kappa shape index (κ1) is 35.7. The molecular weight excluding hydrogens is 460 g/mol. The van der Waals surface area contributed by atoms with Gasteiger partial charge >= 0.3 is 0 Å². The Bertz CT molecular complexity index is 508. The quantitative estimate of drug-likeness (QED) is 0.189. The van der Waals surface area contributed by atoms with Crippen LogP contribution in [0, 0.1) is 0 Å². The molecule has 0 saturated carbocycles. The van der Waals surface area contributed by atoms with E-state index in [1.807, 2.05) is 55.4 Å². The molecule has 0 radical (unpaired) electrons. The van der Waals surface area contributed by atoms with Crippen LogP contribution >= 0.6 is 0 Å². The molecule has 7 heteroatoms. The molecule has 0 aromatic carbocycles. The largest absolute Gasteiger partial charge is 0.388 e.